The molecule has 4 nitrogen and oxygen atoms in total. The van der Waals surface area contributed by atoms with Crippen molar-refractivity contribution in [3.63, 3.8) is 0 Å². The normalized spacial score (nSPS) is 12.6. The number of hydrogen-bond acceptors (Lipinski definition) is 4. The van der Waals surface area contributed by atoms with Gasteiger partial charge in [0.1, 0.15) is 0 Å². The van der Waals surface area contributed by atoms with Crippen molar-refractivity contribution in [1.29, 1.82) is 0 Å². The zero-order valence-corrected chi connectivity index (χ0v) is 23.1. The van der Waals surface area contributed by atoms with Crippen molar-refractivity contribution in [3.05, 3.63) is 47.4 Å². The van der Waals surface area contributed by atoms with Gasteiger partial charge >= 0.3 is 5.97 Å². The Bertz CT molecular complexity index is 563. The monoisotopic (exact) mass is 539 g/mol. The summed E-state index contributed by atoms with van der Waals surface area (Å²) in [5, 5.41) is 20.2. The fraction of sp³-hybridized carbons (Fsp3) is 0.545. The number of ether oxygens (including phenoxy) is 1. The summed E-state index contributed by atoms with van der Waals surface area (Å²) in [5.74, 6) is 1.04. The minimum atomic E-state index is -0.957. The second-order valence-electron chi connectivity index (χ2n) is 6.71. The predicted octanol–water partition coefficient (Wildman–Crippen LogP) is 4.28. The SMILES string of the molecule is CCCCC[C-](C)c1ccccc1/C=C/C(O)C(O)CCCC(=O)OC.[Y].[Y]. The number of carbonyl (C=O) groups excluding carboxylic acids is 1. The van der Waals surface area contributed by atoms with E-state index in [1.54, 1.807) is 6.08 Å². The van der Waals surface area contributed by atoms with Crippen molar-refractivity contribution in [2.75, 3.05) is 7.11 Å². The molecule has 0 aliphatic carbocycles. The maximum Gasteiger partial charge on any atom is 0.305 e. The zero-order chi connectivity index (χ0) is 19.4. The number of aliphatic hydroxyl groups is 2. The van der Waals surface area contributed by atoms with E-state index in [0.717, 1.165) is 12.0 Å². The topological polar surface area (TPSA) is 66.8 Å². The summed E-state index contributed by atoms with van der Waals surface area (Å²) >= 11 is 0. The van der Waals surface area contributed by atoms with Crippen molar-refractivity contribution in [2.24, 2.45) is 0 Å². The number of aliphatic hydroxyl groups excluding tert-OH is 2. The molecule has 2 atom stereocenters. The third kappa shape index (κ3) is 12.2. The van der Waals surface area contributed by atoms with E-state index in [1.165, 1.54) is 37.9 Å². The summed E-state index contributed by atoms with van der Waals surface area (Å²) in [4.78, 5) is 11.1. The molecule has 0 saturated heterocycles. The molecule has 1 aromatic carbocycles. The number of unbranched alkanes of at least 4 members (excludes halogenated alkanes) is 2. The van der Waals surface area contributed by atoms with Crippen molar-refractivity contribution in [1.82, 2.24) is 0 Å². The number of carbonyl (C=O) groups is 1. The van der Waals surface area contributed by atoms with E-state index >= 15 is 0 Å². The van der Waals surface area contributed by atoms with Gasteiger partial charge in [0.25, 0.3) is 0 Å². The Morgan fingerprint density at radius 2 is 1.86 bits per heavy atom. The molecule has 28 heavy (non-hydrogen) atoms. The van der Waals surface area contributed by atoms with E-state index < -0.39 is 12.2 Å². The quantitative estimate of drug-likeness (QED) is 0.237. The average molecular weight is 539 g/mol. The van der Waals surface area contributed by atoms with Gasteiger partial charge in [0.2, 0.25) is 0 Å². The Morgan fingerprint density at radius 3 is 2.50 bits per heavy atom. The molecule has 0 fully saturated rings. The van der Waals surface area contributed by atoms with Crippen LogP contribution in [0.5, 0.6) is 0 Å². The van der Waals surface area contributed by atoms with Gasteiger partial charge in [0.05, 0.1) is 19.3 Å². The maximum atomic E-state index is 11.1. The summed E-state index contributed by atoms with van der Waals surface area (Å²) < 4.78 is 4.57. The number of esters is 1. The Morgan fingerprint density at radius 1 is 1.18 bits per heavy atom. The Balaban J connectivity index is 0. The molecule has 0 saturated carbocycles. The van der Waals surface area contributed by atoms with E-state index in [2.05, 4.69) is 24.7 Å². The van der Waals surface area contributed by atoms with Crippen molar-refractivity contribution in [3.8, 4) is 0 Å². The molecular formula is C22H33O4Y2-. The van der Waals surface area contributed by atoms with E-state index in [-0.39, 0.29) is 77.8 Å². The summed E-state index contributed by atoms with van der Waals surface area (Å²) in [5.41, 5.74) is 2.23. The van der Waals surface area contributed by atoms with E-state index in [0.29, 0.717) is 12.8 Å². The van der Waals surface area contributed by atoms with Gasteiger partial charge in [0, 0.05) is 71.8 Å². The van der Waals surface area contributed by atoms with E-state index in [1.807, 2.05) is 24.3 Å². The first-order valence-electron chi connectivity index (χ1n) is 9.52. The molecule has 2 N–H and O–H groups in total. The van der Waals surface area contributed by atoms with Crippen LogP contribution in [-0.2, 0) is 74.9 Å². The van der Waals surface area contributed by atoms with Crippen LogP contribution in [0.15, 0.2) is 30.3 Å². The number of rotatable bonds is 12. The molecule has 2 unspecified atom stereocenters. The molecule has 0 bridgehead atoms. The van der Waals surface area contributed by atoms with E-state index in [4.69, 9.17) is 0 Å². The molecule has 1 aromatic rings. The average Bonchev–Trinajstić information content (AvgIpc) is 2.66. The first-order chi connectivity index (χ1) is 12.5. The summed E-state index contributed by atoms with van der Waals surface area (Å²) in [6.07, 6.45) is 7.41. The van der Waals surface area contributed by atoms with Gasteiger partial charge in [-0.05, 0) is 12.8 Å². The molecular weight excluding hydrogens is 506 g/mol. The smallest absolute Gasteiger partial charge is 0.305 e. The Hall–Kier alpha value is 0.428. The number of methoxy groups -OCH3 is 1. The van der Waals surface area contributed by atoms with Crippen LogP contribution in [0.1, 0.15) is 69.9 Å². The predicted molar refractivity (Wildman–Crippen MR) is 106 cm³/mol. The van der Waals surface area contributed by atoms with Crippen LogP contribution >= 0.6 is 0 Å². The number of benzene rings is 1. The third-order valence-corrected chi connectivity index (χ3v) is 4.55. The maximum absolute atomic E-state index is 11.1. The minimum Gasteiger partial charge on any atom is -0.469 e. The summed E-state index contributed by atoms with van der Waals surface area (Å²) in [6, 6.07) is 8.11. The van der Waals surface area contributed by atoms with Gasteiger partial charge in [-0.3, -0.25) is 4.79 Å². The largest absolute Gasteiger partial charge is 0.469 e. The fourth-order valence-electron chi connectivity index (χ4n) is 2.86. The van der Waals surface area contributed by atoms with Crippen LogP contribution in [-0.4, -0.2) is 35.5 Å². The van der Waals surface area contributed by atoms with Crippen LogP contribution in [0.3, 0.4) is 0 Å². The first-order valence-corrected chi connectivity index (χ1v) is 9.52. The molecule has 0 spiro atoms. The van der Waals surface area contributed by atoms with Crippen LogP contribution in [0, 0.1) is 5.92 Å². The van der Waals surface area contributed by atoms with Gasteiger partial charge in [-0.2, -0.15) is 17.5 Å². The van der Waals surface area contributed by atoms with Crippen LogP contribution in [0.4, 0.5) is 0 Å². The number of hydrogen-bond donors (Lipinski definition) is 2. The van der Waals surface area contributed by atoms with Gasteiger partial charge in [-0.25, -0.2) is 0 Å². The third-order valence-electron chi connectivity index (χ3n) is 4.55. The fourth-order valence-corrected chi connectivity index (χ4v) is 2.86. The minimum absolute atomic E-state index is 0. The van der Waals surface area contributed by atoms with Crippen LogP contribution in [0.2, 0.25) is 0 Å². The van der Waals surface area contributed by atoms with Crippen molar-refractivity contribution in [2.45, 2.75) is 71.0 Å². The second kappa shape index (κ2) is 18.2. The van der Waals surface area contributed by atoms with Crippen molar-refractivity contribution < 1.29 is 85.2 Å². The molecule has 6 heteroatoms. The molecule has 152 valence electrons. The van der Waals surface area contributed by atoms with Crippen LogP contribution in [0.25, 0.3) is 6.08 Å². The Labute approximate surface area is 220 Å². The molecule has 0 amide bonds. The first kappa shape index (κ1) is 30.6. The molecule has 0 aliphatic heterocycles. The van der Waals surface area contributed by atoms with E-state index in [9.17, 15) is 15.0 Å². The molecule has 2 radical (unpaired) electrons. The molecule has 0 aromatic heterocycles. The molecule has 0 aliphatic rings. The van der Waals surface area contributed by atoms with Gasteiger partial charge < -0.3 is 14.9 Å². The van der Waals surface area contributed by atoms with Crippen LogP contribution < -0.4 is 0 Å². The summed E-state index contributed by atoms with van der Waals surface area (Å²) in [6.45, 7) is 4.35. The van der Waals surface area contributed by atoms with Gasteiger partial charge in [-0.1, -0.05) is 51.7 Å². The standard InChI is InChI=1S/C22H33O4.2Y/c1-4-5-6-10-17(2)19-12-8-7-11-18(19)15-16-21(24)20(23)13-9-14-22(25)26-3;;/h7-8,11-12,15-16,20-21,23-24H,4-6,9-10,13-14H2,1-3H3;;/q-1;;/b16-15+;;. The van der Waals surface area contributed by atoms with Gasteiger partial charge in [0.15, 0.2) is 0 Å². The second-order valence-corrected chi connectivity index (χ2v) is 6.71. The zero-order valence-electron chi connectivity index (χ0n) is 17.4. The molecule has 0 heterocycles. The van der Waals surface area contributed by atoms with Gasteiger partial charge in [-0.15, -0.1) is 23.8 Å². The Kier molecular flexibility index (Phi) is 19.9. The summed E-state index contributed by atoms with van der Waals surface area (Å²) in [7, 11) is 1.34. The van der Waals surface area contributed by atoms with Crippen molar-refractivity contribution >= 4 is 12.0 Å². The molecule has 1 rings (SSSR count).